The Labute approximate surface area is 141 Å². The highest BCUT2D eigenvalue weighted by Crippen LogP contribution is 2.34. The Morgan fingerprint density at radius 1 is 0.913 bits per heavy atom. The van der Waals surface area contributed by atoms with Crippen molar-refractivity contribution in [1.29, 1.82) is 0 Å². The number of urea groups is 1. The van der Waals surface area contributed by atoms with Crippen LogP contribution >= 0.6 is 0 Å². The van der Waals surface area contributed by atoms with Gasteiger partial charge in [0.05, 0.1) is 0 Å². The molecule has 132 valence electrons. The summed E-state index contributed by atoms with van der Waals surface area (Å²) in [6, 6.07) is 2.23. The van der Waals surface area contributed by atoms with Crippen molar-refractivity contribution in [1.82, 2.24) is 15.5 Å². The molecule has 3 aliphatic rings. The number of amides is 2. The molecule has 1 saturated carbocycles. The molecule has 2 N–H and O–H groups in total. The minimum Gasteiger partial charge on any atom is -0.335 e. The van der Waals surface area contributed by atoms with Gasteiger partial charge in [-0.25, -0.2) is 4.79 Å². The summed E-state index contributed by atoms with van der Waals surface area (Å²) < 4.78 is 0. The summed E-state index contributed by atoms with van der Waals surface area (Å²) in [4.78, 5) is 15.1. The normalized spacial score (nSPS) is 32.7. The summed E-state index contributed by atoms with van der Waals surface area (Å²) >= 11 is 0. The molecule has 2 atom stereocenters. The molecule has 2 aliphatic heterocycles. The lowest BCUT2D eigenvalue weighted by Crippen LogP contribution is -2.59. The molecule has 0 radical (unpaired) electrons. The van der Waals surface area contributed by atoms with Gasteiger partial charge < -0.3 is 10.6 Å². The maximum absolute atomic E-state index is 12.3. The van der Waals surface area contributed by atoms with Crippen LogP contribution in [0.2, 0.25) is 0 Å². The van der Waals surface area contributed by atoms with Gasteiger partial charge in [0, 0.05) is 30.7 Å². The summed E-state index contributed by atoms with van der Waals surface area (Å²) in [6.07, 6.45) is 12.4. The topological polar surface area (TPSA) is 44.4 Å². The van der Waals surface area contributed by atoms with Crippen LogP contribution in [0.25, 0.3) is 0 Å². The van der Waals surface area contributed by atoms with Crippen molar-refractivity contribution < 1.29 is 4.79 Å². The zero-order valence-corrected chi connectivity index (χ0v) is 15.0. The Kier molecular flexibility index (Phi) is 5.84. The van der Waals surface area contributed by atoms with Crippen molar-refractivity contribution >= 4 is 6.03 Å². The van der Waals surface area contributed by atoms with Gasteiger partial charge in [0.25, 0.3) is 0 Å². The van der Waals surface area contributed by atoms with Gasteiger partial charge >= 0.3 is 6.03 Å². The summed E-state index contributed by atoms with van der Waals surface area (Å²) in [5.41, 5.74) is 0. The molecule has 4 nitrogen and oxygen atoms in total. The van der Waals surface area contributed by atoms with Crippen LogP contribution in [-0.4, -0.2) is 41.6 Å². The number of fused-ring (bicyclic) bond motifs is 2. The lowest BCUT2D eigenvalue weighted by atomic mass is 9.81. The molecule has 2 heterocycles. The van der Waals surface area contributed by atoms with E-state index in [2.05, 4.69) is 29.4 Å². The van der Waals surface area contributed by atoms with Crippen LogP contribution in [0.4, 0.5) is 4.79 Å². The zero-order chi connectivity index (χ0) is 16.2. The average molecular weight is 322 g/mol. The van der Waals surface area contributed by atoms with Crippen molar-refractivity contribution in [2.45, 2.75) is 102 Å². The Balaban J connectivity index is 1.49. The molecular weight excluding hydrogens is 286 g/mol. The van der Waals surface area contributed by atoms with E-state index in [1.165, 1.54) is 45.1 Å². The first-order valence-electron chi connectivity index (χ1n) is 9.94. The predicted molar refractivity (Wildman–Crippen MR) is 94.5 cm³/mol. The molecule has 0 spiro atoms. The van der Waals surface area contributed by atoms with E-state index in [0.717, 1.165) is 31.6 Å². The zero-order valence-electron chi connectivity index (χ0n) is 15.0. The molecule has 2 amide bonds. The molecule has 2 unspecified atom stereocenters. The van der Waals surface area contributed by atoms with Crippen LogP contribution in [0.1, 0.15) is 78.1 Å². The maximum Gasteiger partial charge on any atom is 0.315 e. The number of carbonyl (C=O) groups excluding carboxylic acids is 1. The molecule has 23 heavy (non-hydrogen) atoms. The monoisotopic (exact) mass is 321 g/mol. The summed E-state index contributed by atoms with van der Waals surface area (Å²) in [7, 11) is 0. The second-order valence-corrected chi connectivity index (χ2v) is 8.45. The van der Waals surface area contributed by atoms with E-state index >= 15 is 0 Å². The highest BCUT2D eigenvalue weighted by Gasteiger charge is 2.38. The SMILES string of the molecule is CC(C)CN1C2CCCC1CC(NC(=O)NC1CCCCC1)C2. The Bertz CT molecular complexity index is 378. The van der Waals surface area contributed by atoms with Gasteiger partial charge in [0.15, 0.2) is 0 Å². The predicted octanol–water partition coefficient (Wildman–Crippen LogP) is 3.66. The third-order valence-electron chi connectivity index (χ3n) is 5.98. The molecule has 4 heteroatoms. The Hall–Kier alpha value is -0.770. The van der Waals surface area contributed by atoms with Gasteiger partial charge in [-0.05, 0) is 44.4 Å². The lowest BCUT2D eigenvalue weighted by Gasteiger charge is -2.49. The third kappa shape index (κ3) is 4.62. The molecule has 1 aliphatic carbocycles. The Morgan fingerprint density at radius 3 is 2.13 bits per heavy atom. The molecule has 2 bridgehead atoms. The van der Waals surface area contributed by atoms with Gasteiger partial charge in [-0.15, -0.1) is 0 Å². The maximum atomic E-state index is 12.3. The van der Waals surface area contributed by atoms with Crippen molar-refractivity contribution in [2.75, 3.05) is 6.54 Å². The highest BCUT2D eigenvalue weighted by atomic mass is 16.2. The number of hydrogen-bond donors (Lipinski definition) is 2. The van der Waals surface area contributed by atoms with Crippen LogP contribution in [-0.2, 0) is 0 Å². The van der Waals surface area contributed by atoms with Gasteiger partial charge in [0.1, 0.15) is 0 Å². The smallest absolute Gasteiger partial charge is 0.315 e. The van der Waals surface area contributed by atoms with Gasteiger partial charge in [-0.3, -0.25) is 4.90 Å². The number of nitrogens with zero attached hydrogens (tertiary/aromatic N) is 1. The minimum absolute atomic E-state index is 0.0808. The minimum atomic E-state index is 0.0808. The number of rotatable bonds is 4. The van der Waals surface area contributed by atoms with E-state index in [1.807, 2.05) is 0 Å². The molecular formula is C19H35N3O. The van der Waals surface area contributed by atoms with E-state index in [1.54, 1.807) is 0 Å². The van der Waals surface area contributed by atoms with Crippen molar-refractivity contribution in [2.24, 2.45) is 5.92 Å². The van der Waals surface area contributed by atoms with Crippen molar-refractivity contribution in [3.05, 3.63) is 0 Å². The standard InChI is InChI=1S/C19H35N3O/c1-14(2)13-22-17-9-6-10-18(22)12-16(11-17)21-19(23)20-15-7-4-3-5-8-15/h14-18H,3-13H2,1-2H3,(H2,20,21,23). The quantitative estimate of drug-likeness (QED) is 0.830. The van der Waals surface area contributed by atoms with Gasteiger partial charge in [-0.2, -0.15) is 0 Å². The molecule has 3 rings (SSSR count). The summed E-state index contributed by atoms with van der Waals surface area (Å²) in [5, 5.41) is 6.50. The first-order valence-corrected chi connectivity index (χ1v) is 9.94. The van der Waals surface area contributed by atoms with Gasteiger partial charge in [0.2, 0.25) is 0 Å². The van der Waals surface area contributed by atoms with Crippen molar-refractivity contribution in [3.63, 3.8) is 0 Å². The van der Waals surface area contributed by atoms with Crippen LogP contribution in [0.5, 0.6) is 0 Å². The fourth-order valence-electron chi connectivity index (χ4n) is 4.98. The number of carbonyl (C=O) groups is 1. The summed E-state index contributed by atoms with van der Waals surface area (Å²) in [5.74, 6) is 0.734. The lowest BCUT2D eigenvalue weighted by molar-refractivity contribution is 0.0176. The van der Waals surface area contributed by atoms with Gasteiger partial charge in [-0.1, -0.05) is 39.5 Å². The van der Waals surface area contributed by atoms with Crippen LogP contribution in [0.3, 0.4) is 0 Å². The molecule has 0 aromatic heterocycles. The molecule has 0 aromatic carbocycles. The first-order chi connectivity index (χ1) is 11.1. The molecule has 0 aromatic rings. The average Bonchev–Trinajstić information content (AvgIpc) is 2.48. The van der Waals surface area contributed by atoms with Crippen molar-refractivity contribution in [3.8, 4) is 0 Å². The van der Waals surface area contributed by atoms with Crippen LogP contribution in [0.15, 0.2) is 0 Å². The van der Waals surface area contributed by atoms with Crippen LogP contribution < -0.4 is 10.6 Å². The second-order valence-electron chi connectivity index (χ2n) is 8.45. The largest absolute Gasteiger partial charge is 0.335 e. The fourth-order valence-corrected chi connectivity index (χ4v) is 4.98. The van der Waals surface area contributed by atoms with E-state index in [4.69, 9.17) is 0 Å². The van der Waals surface area contributed by atoms with Crippen LogP contribution in [0, 0.1) is 5.92 Å². The van der Waals surface area contributed by atoms with E-state index < -0.39 is 0 Å². The fraction of sp³-hybridized carbons (Fsp3) is 0.947. The van der Waals surface area contributed by atoms with E-state index in [-0.39, 0.29) is 6.03 Å². The first kappa shape index (κ1) is 17.1. The third-order valence-corrected chi connectivity index (χ3v) is 5.98. The highest BCUT2D eigenvalue weighted by molar-refractivity contribution is 5.74. The summed E-state index contributed by atoms with van der Waals surface area (Å²) in [6.45, 7) is 5.85. The van der Waals surface area contributed by atoms with E-state index in [9.17, 15) is 4.79 Å². The Morgan fingerprint density at radius 2 is 1.52 bits per heavy atom. The number of hydrogen-bond acceptors (Lipinski definition) is 2. The number of nitrogens with one attached hydrogen (secondary N) is 2. The molecule has 2 saturated heterocycles. The molecule has 3 fully saturated rings. The number of piperidine rings is 2. The second kappa shape index (κ2) is 7.87. The van der Waals surface area contributed by atoms with E-state index in [0.29, 0.717) is 24.2 Å².